The Bertz CT molecular complexity index is 393. The molecule has 0 amide bonds. The molecule has 2 N–H and O–H groups in total. The van der Waals surface area contributed by atoms with E-state index in [2.05, 4.69) is 36.7 Å². The summed E-state index contributed by atoms with van der Waals surface area (Å²) in [6.45, 7) is 9.79. The van der Waals surface area contributed by atoms with Crippen LogP contribution in [0.5, 0.6) is 0 Å². The summed E-state index contributed by atoms with van der Waals surface area (Å²) in [6.07, 6.45) is 4.24. The van der Waals surface area contributed by atoms with Gasteiger partial charge in [-0.25, -0.2) is 4.98 Å². The lowest BCUT2D eigenvalue weighted by Gasteiger charge is -2.36. The third kappa shape index (κ3) is 3.02. The van der Waals surface area contributed by atoms with E-state index in [-0.39, 0.29) is 0 Å². The second-order valence-corrected chi connectivity index (χ2v) is 5.87. The van der Waals surface area contributed by atoms with Gasteiger partial charge < -0.3 is 10.6 Å². The van der Waals surface area contributed by atoms with Gasteiger partial charge in [-0.1, -0.05) is 19.9 Å². The Hall–Kier alpha value is -1.09. The van der Waals surface area contributed by atoms with Crippen LogP contribution in [-0.2, 0) is 6.42 Å². The van der Waals surface area contributed by atoms with E-state index in [0.29, 0.717) is 6.54 Å². The molecule has 1 aliphatic rings. The number of anilines is 1. The van der Waals surface area contributed by atoms with Gasteiger partial charge in [-0.15, -0.1) is 0 Å². The Morgan fingerprint density at radius 3 is 2.56 bits per heavy atom. The summed E-state index contributed by atoms with van der Waals surface area (Å²) in [6, 6.07) is 2.24. The van der Waals surface area contributed by atoms with Crippen molar-refractivity contribution in [1.82, 2.24) is 4.98 Å². The second-order valence-electron chi connectivity index (χ2n) is 5.87. The van der Waals surface area contributed by atoms with Gasteiger partial charge >= 0.3 is 0 Å². The lowest BCUT2D eigenvalue weighted by Crippen LogP contribution is -2.39. The zero-order chi connectivity index (χ0) is 13.1. The van der Waals surface area contributed by atoms with Gasteiger partial charge in [0.25, 0.3) is 0 Å². The van der Waals surface area contributed by atoms with Gasteiger partial charge in [-0.3, -0.25) is 0 Å². The van der Waals surface area contributed by atoms with E-state index in [1.807, 2.05) is 6.20 Å². The van der Waals surface area contributed by atoms with Crippen LogP contribution < -0.4 is 10.6 Å². The van der Waals surface area contributed by atoms with Gasteiger partial charge in [-0.2, -0.15) is 0 Å². The maximum absolute atomic E-state index is 5.59. The first-order valence-corrected chi connectivity index (χ1v) is 7.00. The monoisotopic (exact) mass is 247 g/mol. The van der Waals surface area contributed by atoms with Crippen molar-refractivity contribution in [1.29, 1.82) is 0 Å². The van der Waals surface area contributed by atoms with E-state index in [1.54, 1.807) is 0 Å². The Morgan fingerprint density at radius 2 is 2.00 bits per heavy atom. The van der Waals surface area contributed by atoms with Crippen molar-refractivity contribution in [3.05, 3.63) is 23.4 Å². The molecule has 0 saturated carbocycles. The fourth-order valence-electron chi connectivity index (χ4n) is 3.10. The average Bonchev–Trinajstić information content (AvgIpc) is 2.28. The summed E-state index contributed by atoms with van der Waals surface area (Å²) in [4.78, 5) is 7.10. The maximum atomic E-state index is 5.59. The first kappa shape index (κ1) is 13.3. The molecular formula is C15H25N3. The highest BCUT2D eigenvalue weighted by atomic mass is 15.2. The molecule has 1 aliphatic heterocycles. The molecule has 1 aromatic heterocycles. The Kier molecular flexibility index (Phi) is 4.23. The lowest BCUT2D eigenvalue weighted by atomic mass is 9.91. The minimum absolute atomic E-state index is 0.693. The minimum Gasteiger partial charge on any atom is -0.356 e. The molecule has 3 nitrogen and oxygen atoms in total. The molecule has 2 atom stereocenters. The van der Waals surface area contributed by atoms with E-state index in [9.17, 15) is 0 Å². The molecule has 0 radical (unpaired) electrons. The van der Waals surface area contributed by atoms with Crippen molar-refractivity contribution in [2.75, 3.05) is 24.5 Å². The molecule has 0 aromatic carbocycles. The largest absolute Gasteiger partial charge is 0.356 e. The molecule has 2 rings (SSSR count). The molecule has 2 unspecified atom stereocenters. The molecule has 1 aromatic rings. The first-order valence-electron chi connectivity index (χ1n) is 7.00. The third-order valence-electron chi connectivity index (χ3n) is 3.71. The molecule has 100 valence electrons. The van der Waals surface area contributed by atoms with Crippen LogP contribution >= 0.6 is 0 Å². The fraction of sp³-hybridized carbons (Fsp3) is 0.667. The highest BCUT2D eigenvalue weighted by Gasteiger charge is 2.23. The fourth-order valence-corrected chi connectivity index (χ4v) is 3.10. The SMILES string of the molecule is Cc1cc(CCN)cnc1N1CC(C)CC(C)C1. The molecule has 0 spiro atoms. The number of aromatic nitrogens is 1. The second kappa shape index (κ2) is 5.70. The van der Waals surface area contributed by atoms with Crippen molar-refractivity contribution < 1.29 is 0 Å². The topological polar surface area (TPSA) is 42.1 Å². The molecule has 18 heavy (non-hydrogen) atoms. The van der Waals surface area contributed by atoms with Gasteiger partial charge in [0.15, 0.2) is 0 Å². The van der Waals surface area contributed by atoms with Crippen LogP contribution in [-0.4, -0.2) is 24.6 Å². The zero-order valence-corrected chi connectivity index (χ0v) is 11.8. The maximum Gasteiger partial charge on any atom is 0.131 e. The molecular weight excluding hydrogens is 222 g/mol. The Labute approximate surface area is 110 Å². The van der Waals surface area contributed by atoms with E-state index >= 15 is 0 Å². The quantitative estimate of drug-likeness (QED) is 0.891. The summed E-state index contributed by atoms with van der Waals surface area (Å²) < 4.78 is 0. The standard InChI is InChI=1S/C15H25N3/c1-11-6-12(2)10-18(9-11)15-13(3)7-14(4-5-16)8-17-15/h7-8,11-12H,4-6,9-10,16H2,1-3H3. The first-order chi connectivity index (χ1) is 8.60. The molecule has 3 heteroatoms. The normalized spacial score (nSPS) is 24.3. The van der Waals surface area contributed by atoms with E-state index in [0.717, 1.165) is 37.2 Å². The number of nitrogens with two attached hydrogens (primary N) is 1. The number of aryl methyl sites for hydroxylation is 1. The average molecular weight is 247 g/mol. The predicted molar refractivity (Wildman–Crippen MR) is 76.9 cm³/mol. The lowest BCUT2D eigenvalue weighted by molar-refractivity contribution is 0.355. The highest BCUT2D eigenvalue weighted by molar-refractivity contribution is 5.48. The zero-order valence-electron chi connectivity index (χ0n) is 11.8. The number of hydrogen-bond acceptors (Lipinski definition) is 3. The molecule has 1 fully saturated rings. The summed E-state index contributed by atoms with van der Waals surface area (Å²) in [5.41, 5.74) is 8.12. The number of nitrogens with zero attached hydrogens (tertiary/aromatic N) is 2. The molecule has 2 heterocycles. The Morgan fingerprint density at radius 1 is 1.33 bits per heavy atom. The van der Waals surface area contributed by atoms with Crippen LogP contribution in [0.2, 0.25) is 0 Å². The van der Waals surface area contributed by atoms with Crippen LogP contribution in [0, 0.1) is 18.8 Å². The summed E-state index contributed by atoms with van der Waals surface area (Å²) in [5, 5.41) is 0. The summed E-state index contributed by atoms with van der Waals surface area (Å²) >= 11 is 0. The van der Waals surface area contributed by atoms with Crippen LogP contribution in [0.4, 0.5) is 5.82 Å². The van der Waals surface area contributed by atoms with Gasteiger partial charge in [-0.05, 0) is 49.3 Å². The minimum atomic E-state index is 0.693. The molecule has 0 bridgehead atoms. The van der Waals surface area contributed by atoms with Crippen LogP contribution in [0.1, 0.15) is 31.4 Å². The van der Waals surface area contributed by atoms with Gasteiger partial charge in [0, 0.05) is 19.3 Å². The highest BCUT2D eigenvalue weighted by Crippen LogP contribution is 2.27. The number of hydrogen-bond donors (Lipinski definition) is 1. The van der Waals surface area contributed by atoms with E-state index in [4.69, 9.17) is 5.73 Å². The smallest absolute Gasteiger partial charge is 0.131 e. The van der Waals surface area contributed by atoms with Gasteiger partial charge in [0.2, 0.25) is 0 Å². The molecule has 0 aliphatic carbocycles. The van der Waals surface area contributed by atoms with Crippen molar-refractivity contribution in [3.8, 4) is 0 Å². The number of piperidine rings is 1. The number of rotatable bonds is 3. The van der Waals surface area contributed by atoms with Crippen molar-refractivity contribution in [2.45, 2.75) is 33.6 Å². The summed E-state index contributed by atoms with van der Waals surface area (Å²) in [7, 11) is 0. The van der Waals surface area contributed by atoms with Crippen molar-refractivity contribution >= 4 is 5.82 Å². The molecule has 1 saturated heterocycles. The van der Waals surface area contributed by atoms with E-state index in [1.165, 1.54) is 17.5 Å². The van der Waals surface area contributed by atoms with Crippen LogP contribution in [0.25, 0.3) is 0 Å². The van der Waals surface area contributed by atoms with Crippen LogP contribution in [0.3, 0.4) is 0 Å². The van der Waals surface area contributed by atoms with Crippen LogP contribution in [0.15, 0.2) is 12.3 Å². The van der Waals surface area contributed by atoms with Gasteiger partial charge in [0.1, 0.15) is 5.82 Å². The van der Waals surface area contributed by atoms with E-state index < -0.39 is 0 Å². The van der Waals surface area contributed by atoms with Crippen molar-refractivity contribution in [2.24, 2.45) is 17.6 Å². The van der Waals surface area contributed by atoms with Crippen molar-refractivity contribution in [3.63, 3.8) is 0 Å². The predicted octanol–water partition coefficient (Wildman–Crippen LogP) is 2.37. The Balaban J connectivity index is 2.17. The summed E-state index contributed by atoms with van der Waals surface area (Å²) in [5.74, 6) is 2.69. The van der Waals surface area contributed by atoms with Gasteiger partial charge in [0.05, 0.1) is 0 Å². The number of pyridine rings is 1. The third-order valence-corrected chi connectivity index (χ3v) is 3.71.